The lowest BCUT2D eigenvalue weighted by molar-refractivity contribution is 0.315. The quantitative estimate of drug-likeness (QED) is 0.407. The highest BCUT2D eigenvalue weighted by atomic mass is 32.1. The number of thiophene rings is 2. The van der Waals surface area contributed by atoms with Crippen molar-refractivity contribution in [2.75, 3.05) is 28.4 Å². The zero-order chi connectivity index (χ0) is 23.2. The maximum atomic E-state index is 5.27. The van der Waals surface area contributed by atoms with E-state index in [-0.39, 0.29) is 0 Å². The summed E-state index contributed by atoms with van der Waals surface area (Å²) in [5.74, 6) is 2.26. The molecule has 5 rings (SSSR count). The van der Waals surface area contributed by atoms with Crippen molar-refractivity contribution in [2.24, 2.45) is 0 Å². The van der Waals surface area contributed by atoms with Crippen molar-refractivity contribution >= 4 is 56.3 Å². The van der Waals surface area contributed by atoms with E-state index in [1.807, 2.05) is 13.8 Å². The number of fused-ring (bicyclic) bond motifs is 3. The molecule has 0 atom stereocenters. The van der Waals surface area contributed by atoms with E-state index in [1.54, 1.807) is 51.1 Å². The molecular formula is C22H24N4O4S2. The largest absolute Gasteiger partial charge is 0.491 e. The first-order chi connectivity index (χ1) is 15.3. The van der Waals surface area contributed by atoms with E-state index < -0.39 is 0 Å². The Hall–Kier alpha value is -2.98. The van der Waals surface area contributed by atoms with Gasteiger partial charge in [0.25, 0.3) is 11.8 Å². The minimum atomic E-state index is 0.436. The van der Waals surface area contributed by atoms with Gasteiger partial charge in [0.2, 0.25) is 0 Å². The van der Waals surface area contributed by atoms with Crippen molar-refractivity contribution in [3.8, 4) is 11.8 Å². The Morgan fingerprint density at radius 3 is 1.06 bits per heavy atom. The Morgan fingerprint density at radius 1 is 0.469 bits per heavy atom. The molecule has 0 unspecified atom stereocenters. The summed E-state index contributed by atoms with van der Waals surface area (Å²) in [5.41, 5.74) is 5.34. The van der Waals surface area contributed by atoms with Gasteiger partial charge >= 0.3 is 0 Å². The van der Waals surface area contributed by atoms with Crippen LogP contribution in [0, 0.1) is 27.7 Å². The molecule has 168 valence electrons. The second kappa shape index (κ2) is 8.51. The molecule has 0 radical (unpaired) electrons. The number of hydrogen-bond donors (Lipinski definition) is 0. The Kier molecular flexibility index (Phi) is 5.91. The van der Waals surface area contributed by atoms with Gasteiger partial charge in [-0.25, -0.2) is 19.9 Å². The predicted molar refractivity (Wildman–Crippen MR) is 128 cm³/mol. The number of rotatable bonds is 4. The van der Waals surface area contributed by atoms with E-state index in [0.29, 0.717) is 23.3 Å². The zero-order valence-electron chi connectivity index (χ0n) is 19.2. The molecule has 0 fully saturated rings. The smallest absolute Gasteiger partial charge is 0.278 e. The van der Waals surface area contributed by atoms with E-state index in [2.05, 4.69) is 33.8 Å². The Balaban J connectivity index is 0.000000155. The van der Waals surface area contributed by atoms with E-state index in [1.165, 1.54) is 9.75 Å². The fourth-order valence-corrected chi connectivity index (χ4v) is 5.46. The summed E-state index contributed by atoms with van der Waals surface area (Å²) in [4.78, 5) is 22.7. The summed E-state index contributed by atoms with van der Waals surface area (Å²) < 4.78 is 20.8. The van der Waals surface area contributed by atoms with Crippen molar-refractivity contribution in [2.45, 2.75) is 27.7 Å². The average molecular weight is 473 g/mol. The third kappa shape index (κ3) is 3.43. The second-order valence-corrected chi connectivity index (χ2v) is 9.91. The lowest BCUT2D eigenvalue weighted by Crippen LogP contribution is -2.14. The van der Waals surface area contributed by atoms with Crippen molar-refractivity contribution in [3.63, 3.8) is 0 Å². The van der Waals surface area contributed by atoms with Gasteiger partial charge in [0.15, 0.2) is 11.5 Å². The van der Waals surface area contributed by atoms with Gasteiger partial charge in [-0.05, 0) is 27.7 Å². The second-order valence-electron chi connectivity index (χ2n) is 7.05. The minimum Gasteiger partial charge on any atom is -0.491 e. The molecule has 32 heavy (non-hydrogen) atoms. The molecule has 0 aromatic carbocycles. The number of aromatic nitrogens is 4. The van der Waals surface area contributed by atoms with Crippen LogP contribution < -0.4 is 9.47 Å². The molecule has 0 saturated carbocycles. The first-order valence-electron chi connectivity index (χ1n) is 9.80. The summed E-state index contributed by atoms with van der Waals surface area (Å²) in [6.07, 6.45) is 0. The number of nitrogens with zero attached hydrogens (tertiary/aromatic N) is 4. The molecular weight excluding hydrogens is 448 g/mol. The fraction of sp³-hybridized carbons (Fsp3) is 0.364. The van der Waals surface area contributed by atoms with Crippen molar-refractivity contribution in [3.05, 3.63) is 30.9 Å². The third-order valence-corrected chi connectivity index (χ3v) is 7.11. The van der Waals surface area contributed by atoms with Gasteiger partial charge in [0.05, 0.1) is 28.4 Å². The van der Waals surface area contributed by atoms with E-state index in [4.69, 9.17) is 18.9 Å². The average Bonchev–Trinajstić information content (AvgIpc) is 3.22. The number of ether oxygens (including phenoxy) is 4. The van der Waals surface area contributed by atoms with Gasteiger partial charge in [0, 0.05) is 19.5 Å². The van der Waals surface area contributed by atoms with Crippen LogP contribution in [0.1, 0.15) is 30.9 Å². The lowest BCUT2D eigenvalue weighted by Gasteiger charge is -2.22. The van der Waals surface area contributed by atoms with Crippen LogP contribution in [0.5, 0.6) is 11.8 Å². The first-order valence-corrected chi connectivity index (χ1v) is 11.4. The Bertz CT molecular complexity index is 1280. The molecule has 0 aliphatic heterocycles. The summed E-state index contributed by atoms with van der Waals surface area (Å²) in [6, 6.07) is 0. The molecule has 8 nitrogen and oxygen atoms in total. The first kappa shape index (κ1) is 22.2. The normalized spacial score (nSPS) is 12.2. The predicted octanol–water partition coefficient (Wildman–Crippen LogP) is 5.07. The molecule has 0 saturated heterocycles. The molecule has 4 aromatic heterocycles. The highest BCUT2D eigenvalue weighted by molar-refractivity contribution is 7.13. The number of hydrogen-bond acceptors (Lipinski definition) is 10. The van der Waals surface area contributed by atoms with Crippen LogP contribution in [0.25, 0.3) is 33.6 Å². The van der Waals surface area contributed by atoms with Crippen LogP contribution >= 0.6 is 22.7 Å². The zero-order valence-corrected chi connectivity index (χ0v) is 20.9. The van der Waals surface area contributed by atoms with Crippen LogP contribution in [-0.4, -0.2) is 48.4 Å². The number of aryl methyl sites for hydroxylation is 4. The molecule has 0 N–H and O–H groups in total. The summed E-state index contributed by atoms with van der Waals surface area (Å²) in [7, 11) is 6.36. The van der Waals surface area contributed by atoms with Gasteiger partial charge in [-0.15, -0.1) is 22.7 Å². The van der Waals surface area contributed by atoms with Crippen LogP contribution in [0.3, 0.4) is 0 Å². The van der Waals surface area contributed by atoms with E-state index in [0.717, 1.165) is 43.2 Å². The molecule has 1 aliphatic rings. The Labute approximate surface area is 193 Å². The molecule has 10 heteroatoms. The minimum absolute atomic E-state index is 0.436. The van der Waals surface area contributed by atoms with E-state index >= 15 is 0 Å². The number of methoxy groups -OCH3 is 4. The SMILES string of the molecule is COC1=C(OC)c2nc3c(C)sc(C)c3nc21.COc1nc2c(C)sc(C)c2nc1OC. The van der Waals surface area contributed by atoms with Crippen molar-refractivity contribution in [1.29, 1.82) is 0 Å². The molecule has 0 bridgehead atoms. The third-order valence-electron chi connectivity index (χ3n) is 5.11. The van der Waals surface area contributed by atoms with Gasteiger partial charge in [-0.2, -0.15) is 0 Å². The monoisotopic (exact) mass is 472 g/mol. The van der Waals surface area contributed by atoms with Gasteiger partial charge in [-0.3, -0.25) is 0 Å². The van der Waals surface area contributed by atoms with Crippen LogP contribution in [0.15, 0.2) is 0 Å². The maximum Gasteiger partial charge on any atom is 0.278 e. The molecule has 0 amide bonds. The van der Waals surface area contributed by atoms with Crippen molar-refractivity contribution < 1.29 is 18.9 Å². The van der Waals surface area contributed by atoms with E-state index in [9.17, 15) is 0 Å². The highest BCUT2D eigenvalue weighted by Crippen LogP contribution is 2.41. The van der Waals surface area contributed by atoms with Gasteiger partial charge in [-0.1, -0.05) is 0 Å². The molecule has 1 aliphatic carbocycles. The van der Waals surface area contributed by atoms with Crippen LogP contribution in [-0.2, 0) is 9.47 Å². The van der Waals surface area contributed by atoms with Crippen LogP contribution in [0.4, 0.5) is 0 Å². The van der Waals surface area contributed by atoms with Crippen molar-refractivity contribution in [1.82, 2.24) is 19.9 Å². The standard InChI is InChI=1S/C12H12N2O2S.C10H12N2O2S/c1-5-7-8(6(2)17-5)14-10-9(13-7)11(15-3)12(10)16-4;1-5-7-8(6(2)15-5)12-10(14-4)9(11-7)13-3/h1-4H3;1-4H3. The van der Waals surface area contributed by atoms with Gasteiger partial charge in [0.1, 0.15) is 33.5 Å². The molecule has 0 spiro atoms. The fourth-order valence-electron chi connectivity index (χ4n) is 3.59. The maximum absolute atomic E-state index is 5.27. The summed E-state index contributed by atoms with van der Waals surface area (Å²) in [6.45, 7) is 8.18. The molecule has 4 aromatic rings. The van der Waals surface area contributed by atoms with Gasteiger partial charge < -0.3 is 18.9 Å². The Morgan fingerprint density at radius 2 is 0.781 bits per heavy atom. The lowest BCUT2D eigenvalue weighted by atomic mass is 10.0. The van der Waals surface area contributed by atoms with Crippen LogP contribution in [0.2, 0.25) is 0 Å². The molecule has 4 heterocycles. The topological polar surface area (TPSA) is 88.5 Å². The summed E-state index contributed by atoms with van der Waals surface area (Å²) >= 11 is 3.40. The highest BCUT2D eigenvalue weighted by Gasteiger charge is 2.33. The summed E-state index contributed by atoms with van der Waals surface area (Å²) in [5, 5.41) is 0.